The van der Waals surface area contributed by atoms with Gasteiger partial charge in [-0.15, -0.1) is 0 Å². The van der Waals surface area contributed by atoms with Gasteiger partial charge in [0.1, 0.15) is 12.0 Å². The molecule has 3 aliphatic rings. The third-order valence-electron chi connectivity index (χ3n) is 7.88. The topological polar surface area (TPSA) is 130 Å². The summed E-state index contributed by atoms with van der Waals surface area (Å²) >= 11 is 0. The number of hydrogen-bond acceptors (Lipinski definition) is 6. The highest BCUT2D eigenvalue weighted by Gasteiger charge is 2.50. The molecule has 2 amide bonds. The van der Waals surface area contributed by atoms with E-state index in [0.717, 1.165) is 44.2 Å². The van der Waals surface area contributed by atoms with Gasteiger partial charge in [-0.25, -0.2) is 9.78 Å². The maximum absolute atomic E-state index is 13.2. The minimum absolute atomic E-state index is 0.108. The van der Waals surface area contributed by atoms with Crippen LogP contribution in [0.25, 0.3) is 5.52 Å². The van der Waals surface area contributed by atoms with E-state index in [1.807, 2.05) is 6.07 Å². The van der Waals surface area contributed by atoms with Crippen molar-refractivity contribution in [3.63, 3.8) is 0 Å². The van der Waals surface area contributed by atoms with E-state index < -0.39 is 5.97 Å². The summed E-state index contributed by atoms with van der Waals surface area (Å²) in [7, 11) is 0. The molecule has 10 nitrogen and oxygen atoms in total. The molecule has 3 fully saturated rings. The van der Waals surface area contributed by atoms with Crippen LogP contribution < -0.4 is 10.6 Å². The fourth-order valence-electron chi connectivity index (χ4n) is 5.49. The smallest absolute Gasteiger partial charge is 0.359 e. The Hall–Kier alpha value is -3.69. The molecule has 3 saturated carbocycles. The lowest BCUT2D eigenvalue weighted by molar-refractivity contribution is 0.0439. The van der Waals surface area contributed by atoms with Crippen molar-refractivity contribution in [2.75, 3.05) is 6.61 Å². The number of H-pyrrole nitrogens is 1. The van der Waals surface area contributed by atoms with E-state index in [-0.39, 0.29) is 40.6 Å². The Balaban J connectivity index is 1.22. The van der Waals surface area contributed by atoms with Crippen LogP contribution >= 0.6 is 0 Å². The molecule has 0 aliphatic heterocycles. The molecule has 3 aliphatic carbocycles. The zero-order valence-electron chi connectivity index (χ0n) is 21.8. The minimum atomic E-state index is -0.483. The molecule has 10 heteroatoms. The van der Waals surface area contributed by atoms with Crippen molar-refractivity contribution in [3.05, 3.63) is 53.4 Å². The summed E-state index contributed by atoms with van der Waals surface area (Å²) < 4.78 is 6.72. The zero-order chi connectivity index (χ0) is 26.4. The molecule has 3 heterocycles. The Morgan fingerprint density at radius 1 is 1.03 bits per heavy atom. The van der Waals surface area contributed by atoms with Crippen molar-refractivity contribution in [3.8, 4) is 0 Å². The van der Waals surface area contributed by atoms with Gasteiger partial charge in [-0.1, -0.05) is 20.8 Å². The molecule has 2 bridgehead atoms. The Kier molecular flexibility index (Phi) is 6.08. The van der Waals surface area contributed by atoms with Crippen molar-refractivity contribution in [1.82, 2.24) is 30.2 Å². The number of imidazole rings is 1. The van der Waals surface area contributed by atoms with E-state index in [1.165, 1.54) is 6.33 Å². The molecule has 3 aromatic rings. The first-order valence-electron chi connectivity index (χ1n) is 12.9. The molecule has 0 aromatic carbocycles. The van der Waals surface area contributed by atoms with Crippen LogP contribution in [0.15, 0.2) is 30.7 Å². The third-order valence-corrected chi connectivity index (χ3v) is 7.88. The lowest BCUT2D eigenvalue weighted by atomic mass is 9.61. The lowest BCUT2D eigenvalue weighted by Gasteiger charge is -2.53. The number of esters is 1. The number of rotatable bonds is 6. The quantitative estimate of drug-likeness (QED) is 0.439. The summed E-state index contributed by atoms with van der Waals surface area (Å²) in [6, 6.07) is 5.25. The van der Waals surface area contributed by atoms with Crippen LogP contribution in [0, 0.1) is 0 Å². The summed E-state index contributed by atoms with van der Waals surface area (Å²) in [5, 5.41) is 13.8. The number of amides is 2. The maximum atomic E-state index is 13.2. The average Bonchev–Trinajstić information content (AvgIpc) is 3.53. The Morgan fingerprint density at radius 3 is 2.22 bits per heavy atom. The van der Waals surface area contributed by atoms with E-state index in [2.05, 4.69) is 46.6 Å². The van der Waals surface area contributed by atoms with E-state index in [1.54, 1.807) is 29.7 Å². The second kappa shape index (κ2) is 9.00. The van der Waals surface area contributed by atoms with Crippen LogP contribution in [0.1, 0.15) is 103 Å². The monoisotopic (exact) mass is 506 g/mol. The number of ether oxygens (including phenoxy) is 1. The molecule has 37 heavy (non-hydrogen) atoms. The fraction of sp³-hybridized carbons (Fsp3) is 0.519. The first kappa shape index (κ1) is 25.0. The molecule has 0 saturated heterocycles. The highest BCUT2D eigenvalue weighted by Crippen LogP contribution is 2.47. The number of aromatic nitrogens is 4. The highest BCUT2D eigenvalue weighted by molar-refractivity contribution is 5.97. The molecule has 3 aromatic heterocycles. The summed E-state index contributed by atoms with van der Waals surface area (Å²) in [6.45, 7) is 8.24. The second-order valence-corrected chi connectivity index (χ2v) is 11.4. The molecule has 6 rings (SSSR count). The largest absolute Gasteiger partial charge is 0.461 e. The van der Waals surface area contributed by atoms with E-state index >= 15 is 0 Å². The highest BCUT2D eigenvalue weighted by atomic mass is 16.5. The normalized spacial score (nSPS) is 23.1. The molecular weight excluding hydrogens is 472 g/mol. The SMILES string of the molecule is CCOC(=O)c1ncn2cc(C(=O)NC34CCC(NC(=O)c5cc(C(C)(C)C)[nH]n5)(CC3)CC4)ccc12. The van der Waals surface area contributed by atoms with Gasteiger partial charge in [-0.2, -0.15) is 5.10 Å². The molecule has 196 valence electrons. The number of carbonyl (C=O) groups is 3. The first-order chi connectivity index (χ1) is 17.5. The number of fused-ring (bicyclic) bond motifs is 4. The Bertz CT molecular complexity index is 1340. The summed E-state index contributed by atoms with van der Waals surface area (Å²) in [6.07, 6.45) is 8.01. The van der Waals surface area contributed by atoms with Crippen LogP contribution in [-0.4, -0.2) is 55.1 Å². The predicted octanol–water partition coefficient (Wildman–Crippen LogP) is 3.54. The van der Waals surface area contributed by atoms with Gasteiger partial charge in [-0.3, -0.25) is 14.7 Å². The fourth-order valence-corrected chi connectivity index (χ4v) is 5.49. The standard InChI is InChI=1S/C27H34N6O4/c1-5-37-24(36)21-19-7-6-17(15-33(19)16-28-21)22(34)29-26-8-11-27(12-9-26,13-10-26)30-23(35)18-14-20(32-31-18)25(2,3)4/h6-7,14-16H,5,8-13H2,1-4H3,(H,29,34)(H,30,35)(H,31,32). The molecular formula is C27H34N6O4. The van der Waals surface area contributed by atoms with Crippen molar-refractivity contribution in [2.45, 2.75) is 82.7 Å². The Labute approximate surface area is 215 Å². The molecule has 0 unspecified atom stereocenters. The van der Waals surface area contributed by atoms with E-state index in [9.17, 15) is 14.4 Å². The van der Waals surface area contributed by atoms with Gasteiger partial charge in [-0.05, 0) is 63.6 Å². The zero-order valence-corrected chi connectivity index (χ0v) is 21.8. The lowest BCUT2D eigenvalue weighted by Crippen LogP contribution is -2.63. The molecule has 0 radical (unpaired) electrons. The van der Waals surface area contributed by atoms with Crippen molar-refractivity contribution >= 4 is 23.3 Å². The number of carbonyl (C=O) groups excluding carboxylic acids is 3. The van der Waals surface area contributed by atoms with E-state index in [4.69, 9.17) is 4.74 Å². The van der Waals surface area contributed by atoms with Crippen LogP contribution in [0.4, 0.5) is 0 Å². The van der Waals surface area contributed by atoms with Crippen molar-refractivity contribution in [2.24, 2.45) is 0 Å². The van der Waals surface area contributed by atoms with Gasteiger partial charge in [0.05, 0.1) is 17.7 Å². The number of nitrogens with one attached hydrogen (secondary N) is 3. The summed E-state index contributed by atoms with van der Waals surface area (Å²) in [5.74, 6) is -0.790. The maximum Gasteiger partial charge on any atom is 0.359 e. The minimum Gasteiger partial charge on any atom is -0.461 e. The Morgan fingerprint density at radius 2 is 1.65 bits per heavy atom. The first-order valence-corrected chi connectivity index (χ1v) is 12.9. The number of aromatic amines is 1. The van der Waals surface area contributed by atoms with Crippen LogP contribution in [0.5, 0.6) is 0 Å². The average molecular weight is 507 g/mol. The number of hydrogen-bond donors (Lipinski definition) is 3. The van der Waals surface area contributed by atoms with E-state index in [0.29, 0.717) is 16.8 Å². The molecule has 0 spiro atoms. The second-order valence-electron chi connectivity index (χ2n) is 11.4. The molecule has 0 atom stereocenters. The van der Waals surface area contributed by atoms with Gasteiger partial charge >= 0.3 is 5.97 Å². The van der Waals surface area contributed by atoms with Crippen LogP contribution in [-0.2, 0) is 10.2 Å². The van der Waals surface area contributed by atoms with Crippen molar-refractivity contribution in [1.29, 1.82) is 0 Å². The van der Waals surface area contributed by atoms with Gasteiger partial charge in [0.25, 0.3) is 11.8 Å². The predicted molar refractivity (Wildman–Crippen MR) is 137 cm³/mol. The van der Waals surface area contributed by atoms with Crippen LogP contribution in [0.2, 0.25) is 0 Å². The van der Waals surface area contributed by atoms with Gasteiger partial charge in [0.2, 0.25) is 0 Å². The number of nitrogens with zero attached hydrogens (tertiary/aromatic N) is 3. The molecule has 3 N–H and O–H groups in total. The van der Waals surface area contributed by atoms with Crippen LogP contribution in [0.3, 0.4) is 0 Å². The third kappa shape index (κ3) is 4.72. The van der Waals surface area contributed by atoms with Gasteiger partial charge in [0.15, 0.2) is 5.69 Å². The summed E-state index contributed by atoms with van der Waals surface area (Å²) in [4.78, 5) is 42.4. The van der Waals surface area contributed by atoms with Crippen molar-refractivity contribution < 1.29 is 19.1 Å². The number of pyridine rings is 1. The summed E-state index contributed by atoms with van der Waals surface area (Å²) in [5.41, 5.74) is 2.01. The van der Waals surface area contributed by atoms with Gasteiger partial charge in [0, 0.05) is 28.4 Å². The van der Waals surface area contributed by atoms with Gasteiger partial charge < -0.3 is 19.8 Å².